The van der Waals surface area contributed by atoms with Gasteiger partial charge in [-0.05, 0) is 30.2 Å². The fourth-order valence-corrected chi connectivity index (χ4v) is 1.42. The monoisotopic (exact) mass is 227 g/mol. The highest BCUT2D eigenvalue weighted by Crippen LogP contribution is 2.19. The summed E-state index contributed by atoms with van der Waals surface area (Å²) >= 11 is 11.5. The summed E-state index contributed by atoms with van der Waals surface area (Å²) in [6.45, 7) is 0. The summed E-state index contributed by atoms with van der Waals surface area (Å²) in [4.78, 5) is 10.3. The third-order valence-corrected chi connectivity index (χ3v) is 2.36. The molecular weight excluding hydrogens is 221 g/mol. The Labute approximate surface area is 92.1 Å². The van der Waals surface area contributed by atoms with Gasteiger partial charge in [0.1, 0.15) is 6.29 Å². The lowest BCUT2D eigenvalue weighted by molar-refractivity contribution is -0.107. The molecule has 2 nitrogen and oxygen atoms in total. The molecule has 0 aromatic heterocycles. The van der Waals surface area contributed by atoms with E-state index in [0.29, 0.717) is 23.3 Å². The molecule has 72 valence electrons. The van der Waals surface area contributed by atoms with E-state index in [1.807, 2.05) is 6.07 Å². The molecule has 4 heteroatoms. The van der Waals surface area contributed by atoms with Crippen LogP contribution in [0.3, 0.4) is 0 Å². The molecule has 0 aliphatic rings. The van der Waals surface area contributed by atoms with Crippen molar-refractivity contribution in [2.75, 3.05) is 0 Å². The topological polar surface area (TPSA) is 40.9 Å². The van der Waals surface area contributed by atoms with Crippen molar-refractivity contribution in [3.8, 4) is 6.07 Å². The van der Waals surface area contributed by atoms with Gasteiger partial charge in [0.05, 0.1) is 17.0 Å². The summed E-state index contributed by atoms with van der Waals surface area (Å²) in [6, 6.07) is 6.89. The van der Waals surface area contributed by atoms with Crippen molar-refractivity contribution in [1.82, 2.24) is 0 Å². The zero-order chi connectivity index (χ0) is 10.6. The average Bonchev–Trinajstić information content (AvgIpc) is 2.21. The van der Waals surface area contributed by atoms with Crippen LogP contribution >= 0.6 is 23.2 Å². The van der Waals surface area contributed by atoms with Crippen LogP contribution in [0.15, 0.2) is 18.2 Å². The first kappa shape index (κ1) is 11.0. The van der Waals surface area contributed by atoms with Gasteiger partial charge in [0.25, 0.3) is 0 Å². The largest absolute Gasteiger partial charge is 0.302 e. The van der Waals surface area contributed by atoms with E-state index in [2.05, 4.69) is 0 Å². The molecule has 1 atom stereocenters. The van der Waals surface area contributed by atoms with Crippen molar-refractivity contribution < 1.29 is 4.79 Å². The van der Waals surface area contributed by atoms with Crippen molar-refractivity contribution in [3.63, 3.8) is 0 Å². The third-order valence-electron chi connectivity index (χ3n) is 1.74. The number of rotatable bonds is 3. The van der Waals surface area contributed by atoms with Gasteiger partial charge in [-0.1, -0.05) is 11.6 Å². The van der Waals surface area contributed by atoms with Crippen molar-refractivity contribution in [2.45, 2.75) is 11.8 Å². The molecule has 0 aliphatic heterocycles. The molecule has 14 heavy (non-hydrogen) atoms. The number of nitriles is 1. The van der Waals surface area contributed by atoms with Crippen LogP contribution < -0.4 is 0 Å². The van der Waals surface area contributed by atoms with E-state index in [9.17, 15) is 4.79 Å². The Kier molecular flexibility index (Phi) is 3.94. The molecule has 1 aromatic rings. The quantitative estimate of drug-likeness (QED) is 0.589. The number of carbonyl (C=O) groups is 1. The minimum atomic E-state index is -0.596. The Balaban J connectivity index is 2.96. The summed E-state index contributed by atoms with van der Waals surface area (Å²) < 4.78 is 0. The lowest BCUT2D eigenvalue weighted by Crippen LogP contribution is -2.04. The molecule has 0 heterocycles. The molecular formula is C10H7Cl2NO. The molecule has 1 unspecified atom stereocenters. The molecule has 1 aromatic carbocycles. The Morgan fingerprint density at radius 3 is 2.86 bits per heavy atom. The fraction of sp³-hybridized carbons (Fsp3) is 0.200. The van der Waals surface area contributed by atoms with Crippen LogP contribution in [0.25, 0.3) is 0 Å². The molecule has 0 amide bonds. The maximum Gasteiger partial charge on any atom is 0.138 e. The maximum absolute atomic E-state index is 10.3. The Morgan fingerprint density at radius 2 is 2.29 bits per heavy atom. The maximum atomic E-state index is 10.3. The molecule has 0 radical (unpaired) electrons. The predicted molar refractivity (Wildman–Crippen MR) is 55.6 cm³/mol. The van der Waals surface area contributed by atoms with E-state index in [4.69, 9.17) is 28.5 Å². The minimum Gasteiger partial charge on any atom is -0.302 e. The van der Waals surface area contributed by atoms with Gasteiger partial charge in [-0.15, -0.1) is 11.6 Å². The van der Waals surface area contributed by atoms with E-state index in [1.165, 1.54) is 0 Å². The summed E-state index contributed by atoms with van der Waals surface area (Å²) in [6.07, 6.45) is 0.996. The van der Waals surface area contributed by atoms with E-state index in [0.717, 1.165) is 5.56 Å². The molecule has 0 spiro atoms. The molecule has 0 saturated carbocycles. The van der Waals surface area contributed by atoms with Crippen LogP contribution in [0.2, 0.25) is 5.02 Å². The second-order valence-electron chi connectivity index (χ2n) is 2.77. The Morgan fingerprint density at radius 1 is 1.57 bits per heavy atom. The number of carbonyl (C=O) groups excluding carboxylic acids is 1. The first-order valence-corrected chi connectivity index (χ1v) is 4.76. The number of nitrogens with zero attached hydrogens (tertiary/aromatic N) is 1. The Bertz CT molecular complexity index is 384. The third kappa shape index (κ3) is 2.73. The highest BCUT2D eigenvalue weighted by molar-refractivity contribution is 6.32. The summed E-state index contributed by atoms with van der Waals surface area (Å²) in [5, 5.41) is 8.58. The molecule has 0 saturated heterocycles. The van der Waals surface area contributed by atoms with E-state index in [1.54, 1.807) is 18.2 Å². The van der Waals surface area contributed by atoms with E-state index >= 15 is 0 Å². The summed E-state index contributed by atoms with van der Waals surface area (Å²) in [7, 11) is 0. The Hall–Kier alpha value is -1.04. The summed E-state index contributed by atoms with van der Waals surface area (Å²) in [5.74, 6) is 0. The summed E-state index contributed by atoms with van der Waals surface area (Å²) in [5.41, 5.74) is 1.23. The number of hydrogen-bond donors (Lipinski definition) is 0. The minimum absolute atomic E-state index is 0.347. The highest BCUT2D eigenvalue weighted by Gasteiger charge is 2.08. The first-order valence-electron chi connectivity index (χ1n) is 3.95. The van der Waals surface area contributed by atoms with Crippen molar-refractivity contribution in [3.05, 3.63) is 34.3 Å². The standard InChI is InChI=1S/C10H7Cl2NO/c11-9(6-14)4-8-3-7(5-13)1-2-10(8)12/h1-3,6,9H,4H2. The second-order valence-corrected chi connectivity index (χ2v) is 3.74. The van der Waals surface area contributed by atoms with E-state index < -0.39 is 5.38 Å². The van der Waals surface area contributed by atoms with Crippen LogP contribution in [-0.4, -0.2) is 11.7 Å². The van der Waals surface area contributed by atoms with Crippen molar-refractivity contribution in [2.24, 2.45) is 0 Å². The van der Waals surface area contributed by atoms with Crippen LogP contribution in [-0.2, 0) is 11.2 Å². The molecule has 0 bridgehead atoms. The number of halogens is 2. The van der Waals surface area contributed by atoms with E-state index in [-0.39, 0.29) is 0 Å². The fourth-order valence-electron chi connectivity index (χ4n) is 1.06. The zero-order valence-corrected chi connectivity index (χ0v) is 8.72. The number of aldehydes is 1. The highest BCUT2D eigenvalue weighted by atomic mass is 35.5. The first-order chi connectivity index (χ1) is 6.67. The average molecular weight is 228 g/mol. The molecule has 0 N–H and O–H groups in total. The van der Waals surface area contributed by atoms with Crippen LogP contribution in [0.1, 0.15) is 11.1 Å². The molecule has 0 fully saturated rings. The lowest BCUT2D eigenvalue weighted by Gasteiger charge is -2.04. The van der Waals surface area contributed by atoms with Crippen LogP contribution in [0.5, 0.6) is 0 Å². The lowest BCUT2D eigenvalue weighted by atomic mass is 10.1. The van der Waals surface area contributed by atoms with Gasteiger partial charge in [-0.2, -0.15) is 5.26 Å². The molecule has 0 aliphatic carbocycles. The molecule has 1 rings (SSSR count). The number of hydrogen-bond acceptors (Lipinski definition) is 2. The van der Waals surface area contributed by atoms with Crippen molar-refractivity contribution in [1.29, 1.82) is 5.26 Å². The normalized spacial score (nSPS) is 11.8. The van der Waals surface area contributed by atoms with Crippen molar-refractivity contribution >= 4 is 29.5 Å². The van der Waals surface area contributed by atoms with Gasteiger partial charge in [-0.3, -0.25) is 0 Å². The predicted octanol–water partition coefficient (Wildman–Crippen LogP) is 2.56. The van der Waals surface area contributed by atoms with Crippen LogP contribution in [0.4, 0.5) is 0 Å². The van der Waals surface area contributed by atoms with Gasteiger partial charge in [0.2, 0.25) is 0 Å². The van der Waals surface area contributed by atoms with Gasteiger partial charge in [0.15, 0.2) is 0 Å². The van der Waals surface area contributed by atoms with Gasteiger partial charge in [0, 0.05) is 5.02 Å². The number of alkyl halides is 1. The van der Waals surface area contributed by atoms with Gasteiger partial charge < -0.3 is 4.79 Å². The zero-order valence-electron chi connectivity index (χ0n) is 7.21. The smallest absolute Gasteiger partial charge is 0.138 e. The van der Waals surface area contributed by atoms with Gasteiger partial charge in [-0.25, -0.2) is 0 Å². The van der Waals surface area contributed by atoms with Gasteiger partial charge >= 0.3 is 0 Å². The van der Waals surface area contributed by atoms with Crippen LogP contribution in [0, 0.1) is 11.3 Å². The second kappa shape index (κ2) is 4.99. The number of benzene rings is 1. The SMILES string of the molecule is N#Cc1ccc(Cl)c(CC(Cl)C=O)c1.